The van der Waals surface area contributed by atoms with Crippen LogP contribution in [0.25, 0.3) is 0 Å². The van der Waals surface area contributed by atoms with Crippen LogP contribution in [0, 0.1) is 0 Å². The van der Waals surface area contributed by atoms with Crippen molar-refractivity contribution in [2.75, 3.05) is 14.2 Å². The summed E-state index contributed by atoms with van der Waals surface area (Å²) < 4.78 is 5.11. The minimum absolute atomic E-state index is 0.0300. The molecule has 2 aromatic rings. The van der Waals surface area contributed by atoms with Gasteiger partial charge >= 0.3 is 0 Å². The van der Waals surface area contributed by atoms with Crippen LogP contribution in [-0.4, -0.2) is 36.1 Å². The fourth-order valence-electron chi connectivity index (χ4n) is 2.41. The van der Waals surface area contributed by atoms with Crippen molar-refractivity contribution in [2.45, 2.75) is 25.5 Å². The summed E-state index contributed by atoms with van der Waals surface area (Å²) in [5.74, 6) is 0.736. The zero-order valence-electron chi connectivity index (χ0n) is 13.8. The molecule has 0 saturated heterocycles. The molecule has 4 nitrogen and oxygen atoms in total. The summed E-state index contributed by atoms with van der Waals surface area (Å²) in [5.41, 5.74) is 1.73. The first-order valence-corrected chi connectivity index (χ1v) is 7.64. The SMILES string of the molecule is COc1ccc(CC(=O)N(C)C(C)C(O)c2ccccc2)cc1. The normalized spacial score (nSPS) is 13.2. The fraction of sp³-hybridized carbons (Fsp3) is 0.316. The first-order valence-electron chi connectivity index (χ1n) is 7.64. The number of carbonyl (C=O) groups is 1. The Morgan fingerprint density at radius 1 is 1.13 bits per heavy atom. The number of hydrogen-bond acceptors (Lipinski definition) is 3. The molecule has 1 N–H and O–H groups in total. The third-order valence-electron chi connectivity index (χ3n) is 4.12. The van der Waals surface area contributed by atoms with Crippen LogP contribution in [0.3, 0.4) is 0 Å². The molecule has 23 heavy (non-hydrogen) atoms. The number of aliphatic hydroxyl groups is 1. The van der Waals surface area contributed by atoms with Gasteiger partial charge < -0.3 is 14.7 Å². The number of amides is 1. The Kier molecular flexibility index (Phi) is 5.77. The van der Waals surface area contributed by atoms with E-state index in [2.05, 4.69) is 0 Å². The Morgan fingerprint density at radius 3 is 2.30 bits per heavy atom. The molecule has 0 aliphatic carbocycles. The molecule has 1 amide bonds. The van der Waals surface area contributed by atoms with Gasteiger partial charge in [-0.3, -0.25) is 4.79 Å². The van der Waals surface area contributed by atoms with Gasteiger partial charge in [0.15, 0.2) is 0 Å². The third kappa shape index (κ3) is 4.33. The Bertz CT molecular complexity index is 625. The Hall–Kier alpha value is -2.33. The monoisotopic (exact) mass is 313 g/mol. The first-order chi connectivity index (χ1) is 11.0. The van der Waals surface area contributed by atoms with E-state index in [4.69, 9.17) is 4.74 Å². The summed E-state index contributed by atoms with van der Waals surface area (Å²) in [6.07, 6.45) is -0.409. The molecule has 0 saturated carbocycles. The lowest BCUT2D eigenvalue weighted by molar-refractivity contribution is -0.133. The van der Waals surface area contributed by atoms with Crippen molar-refractivity contribution in [2.24, 2.45) is 0 Å². The van der Waals surface area contributed by atoms with Crippen molar-refractivity contribution in [1.29, 1.82) is 0 Å². The lowest BCUT2D eigenvalue weighted by Gasteiger charge is -2.29. The highest BCUT2D eigenvalue weighted by Crippen LogP contribution is 2.20. The van der Waals surface area contributed by atoms with Gasteiger partial charge in [0.1, 0.15) is 5.75 Å². The van der Waals surface area contributed by atoms with Crippen molar-refractivity contribution in [3.05, 3.63) is 65.7 Å². The quantitative estimate of drug-likeness (QED) is 0.892. The van der Waals surface area contributed by atoms with Crippen LogP contribution >= 0.6 is 0 Å². The Morgan fingerprint density at radius 2 is 1.74 bits per heavy atom. The summed E-state index contributed by atoms with van der Waals surface area (Å²) in [7, 11) is 3.34. The molecule has 0 heterocycles. The van der Waals surface area contributed by atoms with Gasteiger partial charge in [0.2, 0.25) is 5.91 Å². The highest BCUT2D eigenvalue weighted by molar-refractivity contribution is 5.78. The minimum atomic E-state index is -0.707. The van der Waals surface area contributed by atoms with Gasteiger partial charge in [-0.2, -0.15) is 0 Å². The molecule has 0 spiro atoms. The topological polar surface area (TPSA) is 49.8 Å². The third-order valence-corrected chi connectivity index (χ3v) is 4.12. The van der Waals surface area contributed by atoms with Gasteiger partial charge in [-0.25, -0.2) is 0 Å². The first kappa shape index (κ1) is 17.0. The van der Waals surface area contributed by atoms with Crippen LogP contribution in [0.5, 0.6) is 5.75 Å². The average molecular weight is 313 g/mol. The van der Waals surface area contributed by atoms with E-state index in [0.717, 1.165) is 16.9 Å². The Balaban J connectivity index is 2.00. The van der Waals surface area contributed by atoms with Crippen LogP contribution in [0.15, 0.2) is 54.6 Å². The van der Waals surface area contributed by atoms with E-state index in [1.54, 1.807) is 19.1 Å². The maximum absolute atomic E-state index is 12.4. The number of hydrogen-bond donors (Lipinski definition) is 1. The van der Waals surface area contributed by atoms with Crippen LogP contribution < -0.4 is 4.74 Å². The molecule has 2 rings (SSSR count). The summed E-state index contributed by atoms with van der Waals surface area (Å²) in [4.78, 5) is 14.0. The van der Waals surface area contributed by atoms with Gasteiger partial charge in [-0.1, -0.05) is 42.5 Å². The molecule has 0 aromatic heterocycles. The van der Waals surface area contributed by atoms with Crippen molar-refractivity contribution in [3.8, 4) is 5.75 Å². The number of carbonyl (C=O) groups excluding carboxylic acids is 1. The second kappa shape index (κ2) is 7.79. The highest BCUT2D eigenvalue weighted by Gasteiger charge is 2.23. The van der Waals surface area contributed by atoms with Crippen molar-refractivity contribution >= 4 is 5.91 Å². The highest BCUT2D eigenvalue weighted by atomic mass is 16.5. The van der Waals surface area contributed by atoms with Crippen LogP contribution in [-0.2, 0) is 11.2 Å². The molecule has 4 heteroatoms. The number of nitrogens with zero attached hydrogens (tertiary/aromatic N) is 1. The predicted molar refractivity (Wildman–Crippen MR) is 90.3 cm³/mol. The molecule has 2 unspecified atom stereocenters. The number of benzene rings is 2. The van der Waals surface area contributed by atoms with E-state index >= 15 is 0 Å². The number of likely N-dealkylation sites (N-methyl/N-ethyl adjacent to an activating group) is 1. The number of methoxy groups -OCH3 is 1. The van der Waals surface area contributed by atoms with E-state index in [-0.39, 0.29) is 11.9 Å². The summed E-state index contributed by atoms with van der Waals surface area (Å²) >= 11 is 0. The van der Waals surface area contributed by atoms with E-state index < -0.39 is 6.10 Å². The molecular formula is C19H23NO3. The zero-order valence-corrected chi connectivity index (χ0v) is 13.8. The van der Waals surface area contributed by atoms with Crippen molar-refractivity contribution in [1.82, 2.24) is 4.90 Å². The molecule has 0 fully saturated rings. The van der Waals surface area contributed by atoms with Gasteiger partial charge in [0.25, 0.3) is 0 Å². The molecule has 2 atom stereocenters. The smallest absolute Gasteiger partial charge is 0.227 e. The lowest BCUT2D eigenvalue weighted by Crippen LogP contribution is -2.39. The van der Waals surface area contributed by atoms with E-state index in [0.29, 0.717) is 6.42 Å². The lowest BCUT2D eigenvalue weighted by atomic mass is 10.0. The maximum atomic E-state index is 12.4. The number of aliphatic hydroxyl groups excluding tert-OH is 1. The summed E-state index contributed by atoms with van der Waals surface area (Å²) in [6.45, 7) is 1.85. The average Bonchev–Trinajstić information content (AvgIpc) is 2.61. The van der Waals surface area contributed by atoms with Crippen LogP contribution in [0.2, 0.25) is 0 Å². The van der Waals surface area contributed by atoms with E-state index in [1.807, 2.05) is 61.5 Å². The second-order valence-corrected chi connectivity index (χ2v) is 5.63. The van der Waals surface area contributed by atoms with Gasteiger partial charge in [0, 0.05) is 7.05 Å². The minimum Gasteiger partial charge on any atom is -0.497 e. The molecule has 122 valence electrons. The van der Waals surface area contributed by atoms with Gasteiger partial charge in [-0.15, -0.1) is 0 Å². The molecular weight excluding hydrogens is 290 g/mol. The van der Waals surface area contributed by atoms with Crippen LogP contribution in [0.1, 0.15) is 24.2 Å². The molecule has 0 aliphatic rings. The summed E-state index contributed by atoms with van der Waals surface area (Å²) in [5, 5.41) is 10.4. The zero-order chi connectivity index (χ0) is 16.8. The van der Waals surface area contributed by atoms with Crippen molar-refractivity contribution < 1.29 is 14.6 Å². The Labute approximate surface area is 137 Å². The maximum Gasteiger partial charge on any atom is 0.227 e. The number of ether oxygens (including phenoxy) is 1. The van der Waals surface area contributed by atoms with Gasteiger partial charge in [-0.05, 0) is 30.2 Å². The molecule has 0 radical (unpaired) electrons. The summed E-state index contributed by atoms with van der Waals surface area (Å²) in [6, 6.07) is 16.5. The van der Waals surface area contributed by atoms with Crippen molar-refractivity contribution in [3.63, 3.8) is 0 Å². The predicted octanol–water partition coefficient (Wildman–Crippen LogP) is 2.82. The van der Waals surface area contributed by atoms with Crippen LogP contribution in [0.4, 0.5) is 0 Å². The second-order valence-electron chi connectivity index (χ2n) is 5.63. The largest absolute Gasteiger partial charge is 0.497 e. The fourth-order valence-corrected chi connectivity index (χ4v) is 2.41. The molecule has 2 aromatic carbocycles. The van der Waals surface area contributed by atoms with E-state index in [9.17, 15) is 9.90 Å². The van der Waals surface area contributed by atoms with Gasteiger partial charge in [0.05, 0.1) is 25.7 Å². The number of rotatable bonds is 6. The standard InChI is InChI=1S/C19H23NO3/c1-14(19(22)16-7-5-4-6-8-16)20(2)18(21)13-15-9-11-17(23-3)12-10-15/h4-12,14,19,22H,13H2,1-3H3. The molecule has 0 aliphatic heterocycles. The molecule has 0 bridgehead atoms. The van der Waals surface area contributed by atoms with E-state index in [1.165, 1.54) is 0 Å².